The predicted octanol–water partition coefficient (Wildman–Crippen LogP) is 2.45. The third-order valence-corrected chi connectivity index (χ3v) is 3.65. The summed E-state index contributed by atoms with van der Waals surface area (Å²) in [6.07, 6.45) is 2.73. The fourth-order valence-corrected chi connectivity index (χ4v) is 2.39. The second-order valence-electron chi connectivity index (χ2n) is 5.67. The Morgan fingerprint density at radius 1 is 1.13 bits per heavy atom. The van der Waals surface area contributed by atoms with Crippen LogP contribution in [-0.2, 0) is 0 Å². The lowest BCUT2D eigenvalue weighted by Gasteiger charge is -2.42. The van der Waals surface area contributed by atoms with Crippen molar-refractivity contribution in [1.82, 2.24) is 9.80 Å². The highest BCUT2D eigenvalue weighted by atomic mass is 15.3. The summed E-state index contributed by atoms with van der Waals surface area (Å²) in [5, 5.41) is 0. The van der Waals surface area contributed by atoms with Gasteiger partial charge in [-0.25, -0.2) is 0 Å². The number of likely N-dealkylation sites (N-methyl/N-ethyl adjacent to an activating group) is 1. The second kappa shape index (κ2) is 5.86. The largest absolute Gasteiger partial charge is 0.301 e. The van der Waals surface area contributed by atoms with Crippen LogP contribution in [0.3, 0.4) is 0 Å². The van der Waals surface area contributed by atoms with Crippen molar-refractivity contribution < 1.29 is 0 Å². The number of nitrogens with zero attached hydrogens (tertiary/aromatic N) is 2. The molecule has 2 heteroatoms. The third-order valence-electron chi connectivity index (χ3n) is 3.65. The number of hydrogen-bond donors (Lipinski definition) is 0. The molecule has 0 bridgehead atoms. The molecule has 0 saturated carbocycles. The van der Waals surface area contributed by atoms with Gasteiger partial charge in [-0.15, -0.1) is 0 Å². The summed E-state index contributed by atoms with van der Waals surface area (Å²) in [6, 6.07) is 1.46. The molecule has 2 nitrogen and oxygen atoms in total. The Hall–Kier alpha value is -0.0800. The van der Waals surface area contributed by atoms with Crippen molar-refractivity contribution in [3.8, 4) is 0 Å². The predicted molar refractivity (Wildman–Crippen MR) is 67.2 cm³/mol. The van der Waals surface area contributed by atoms with Gasteiger partial charge in [-0.2, -0.15) is 0 Å². The molecule has 90 valence electrons. The van der Waals surface area contributed by atoms with Gasteiger partial charge < -0.3 is 4.90 Å². The molecule has 1 fully saturated rings. The summed E-state index contributed by atoms with van der Waals surface area (Å²) in [5.74, 6) is 0.852. The smallest absolute Gasteiger partial charge is 0.0195 e. The van der Waals surface area contributed by atoms with E-state index in [1.807, 2.05) is 0 Å². The Labute approximate surface area is 95.6 Å². The van der Waals surface area contributed by atoms with Crippen LogP contribution in [-0.4, -0.2) is 48.6 Å². The summed E-state index contributed by atoms with van der Waals surface area (Å²) in [5.41, 5.74) is 0. The van der Waals surface area contributed by atoms with Gasteiger partial charge in [-0.05, 0) is 46.2 Å². The molecule has 1 heterocycles. The Morgan fingerprint density at radius 3 is 2.40 bits per heavy atom. The Balaban J connectivity index is 2.28. The van der Waals surface area contributed by atoms with Gasteiger partial charge >= 0.3 is 0 Å². The monoisotopic (exact) mass is 212 g/mol. The van der Waals surface area contributed by atoms with Gasteiger partial charge in [0.25, 0.3) is 0 Å². The number of hydrogen-bond acceptors (Lipinski definition) is 2. The lowest BCUT2D eigenvalue weighted by molar-refractivity contribution is 0.0583. The van der Waals surface area contributed by atoms with E-state index in [0.29, 0.717) is 0 Å². The van der Waals surface area contributed by atoms with Crippen molar-refractivity contribution in [1.29, 1.82) is 0 Å². The molecule has 1 saturated heterocycles. The molecular formula is C13H28N2. The molecule has 1 rings (SSSR count). The second-order valence-corrected chi connectivity index (χ2v) is 5.67. The first-order valence-corrected chi connectivity index (χ1v) is 6.45. The molecule has 1 aliphatic rings. The van der Waals surface area contributed by atoms with Crippen LogP contribution in [0.5, 0.6) is 0 Å². The molecule has 0 aliphatic carbocycles. The fraction of sp³-hybridized carbons (Fsp3) is 1.00. The zero-order valence-electron chi connectivity index (χ0n) is 11.2. The molecule has 0 amide bonds. The van der Waals surface area contributed by atoms with Crippen molar-refractivity contribution in [2.75, 3.05) is 26.7 Å². The van der Waals surface area contributed by atoms with Crippen LogP contribution in [0, 0.1) is 5.92 Å². The van der Waals surface area contributed by atoms with Crippen LogP contribution in [0.15, 0.2) is 0 Å². The minimum Gasteiger partial charge on any atom is -0.301 e. The van der Waals surface area contributed by atoms with E-state index in [0.717, 1.165) is 18.0 Å². The van der Waals surface area contributed by atoms with Crippen LogP contribution in [0.25, 0.3) is 0 Å². The van der Waals surface area contributed by atoms with E-state index in [1.54, 1.807) is 0 Å². The maximum Gasteiger partial charge on any atom is 0.0195 e. The van der Waals surface area contributed by atoms with Gasteiger partial charge in [-0.3, -0.25) is 4.90 Å². The summed E-state index contributed by atoms with van der Waals surface area (Å²) < 4.78 is 0. The highest BCUT2D eigenvalue weighted by Crippen LogP contribution is 2.15. The summed E-state index contributed by atoms with van der Waals surface area (Å²) in [6.45, 7) is 13.1. The lowest BCUT2D eigenvalue weighted by Crippen LogP contribution is -2.54. The molecule has 0 aromatic carbocycles. The minimum atomic E-state index is 0.722. The van der Waals surface area contributed by atoms with E-state index >= 15 is 0 Å². The molecule has 0 aromatic rings. The highest BCUT2D eigenvalue weighted by Gasteiger charge is 2.25. The van der Waals surface area contributed by atoms with Crippen molar-refractivity contribution in [2.45, 2.75) is 52.6 Å². The average molecular weight is 212 g/mol. The first kappa shape index (κ1) is 13.0. The molecule has 2 atom stereocenters. The SMILES string of the molecule is CC(C)CCCN1CC(C)N(C)CC1C. The average Bonchev–Trinajstić information content (AvgIpc) is 2.13. The van der Waals surface area contributed by atoms with Crippen molar-refractivity contribution in [2.24, 2.45) is 5.92 Å². The van der Waals surface area contributed by atoms with Crippen LogP contribution in [0.4, 0.5) is 0 Å². The van der Waals surface area contributed by atoms with Gasteiger partial charge in [0, 0.05) is 25.2 Å². The number of rotatable bonds is 4. The quantitative estimate of drug-likeness (QED) is 0.706. The topological polar surface area (TPSA) is 6.48 Å². The fourth-order valence-electron chi connectivity index (χ4n) is 2.39. The van der Waals surface area contributed by atoms with Gasteiger partial charge in [0.05, 0.1) is 0 Å². The normalized spacial score (nSPS) is 30.0. The Morgan fingerprint density at radius 2 is 1.80 bits per heavy atom. The molecule has 0 N–H and O–H groups in total. The van der Waals surface area contributed by atoms with Gasteiger partial charge in [0.15, 0.2) is 0 Å². The van der Waals surface area contributed by atoms with E-state index in [2.05, 4.69) is 44.5 Å². The molecule has 0 aromatic heterocycles. The first-order valence-electron chi connectivity index (χ1n) is 6.45. The maximum absolute atomic E-state index is 2.66. The van der Waals surface area contributed by atoms with Crippen LogP contribution in [0.1, 0.15) is 40.5 Å². The Kier molecular flexibility index (Phi) is 5.07. The van der Waals surface area contributed by atoms with Crippen LogP contribution < -0.4 is 0 Å². The van der Waals surface area contributed by atoms with Crippen LogP contribution >= 0.6 is 0 Å². The highest BCUT2D eigenvalue weighted by molar-refractivity contribution is 4.82. The lowest BCUT2D eigenvalue weighted by atomic mass is 10.1. The third kappa shape index (κ3) is 4.12. The number of piperazine rings is 1. The van der Waals surface area contributed by atoms with Crippen molar-refractivity contribution >= 4 is 0 Å². The molecule has 0 radical (unpaired) electrons. The molecule has 1 aliphatic heterocycles. The summed E-state index contributed by atoms with van der Waals surface area (Å²) in [7, 11) is 2.24. The Bertz CT molecular complexity index is 179. The zero-order valence-corrected chi connectivity index (χ0v) is 11.2. The molecular weight excluding hydrogens is 184 g/mol. The maximum atomic E-state index is 2.66. The summed E-state index contributed by atoms with van der Waals surface area (Å²) in [4.78, 5) is 5.14. The van der Waals surface area contributed by atoms with E-state index in [1.165, 1.54) is 32.5 Å². The summed E-state index contributed by atoms with van der Waals surface area (Å²) >= 11 is 0. The van der Waals surface area contributed by atoms with E-state index < -0.39 is 0 Å². The standard InChI is InChI=1S/C13H28N2/c1-11(2)7-6-8-15-10-12(3)14(5)9-13(15)4/h11-13H,6-10H2,1-5H3. The van der Waals surface area contributed by atoms with Crippen molar-refractivity contribution in [3.63, 3.8) is 0 Å². The first-order chi connectivity index (χ1) is 7.00. The van der Waals surface area contributed by atoms with Gasteiger partial charge in [0.1, 0.15) is 0 Å². The van der Waals surface area contributed by atoms with Gasteiger partial charge in [-0.1, -0.05) is 13.8 Å². The van der Waals surface area contributed by atoms with Crippen LogP contribution in [0.2, 0.25) is 0 Å². The molecule has 15 heavy (non-hydrogen) atoms. The van der Waals surface area contributed by atoms with E-state index in [4.69, 9.17) is 0 Å². The molecule has 0 spiro atoms. The van der Waals surface area contributed by atoms with E-state index in [-0.39, 0.29) is 0 Å². The molecule has 2 unspecified atom stereocenters. The van der Waals surface area contributed by atoms with Gasteiger partial charge in [0.2, 0.25) is 0 Å². The van der Waals surface area contributed by atoms with E-state index in [9.17, 15) is 0 Å². The minimum absolute atomic E-state index is 0.722. The van der Waals surface area contributed by atoms with Crippen molar-refractivity contribution in [3.05, 3.63) is 0 Å². The zero-order chi connectivity index (χ0) is 11.4.